The molecule has 2 aromatic heterocycles. The van der Waals surface area contributed by atoms with Gasteiger partial charge in [-0.15, -0.1) is 0 Å². The second-order valence-corrected chi connectivity index (χ2v) is 10.6. The number of ether oxygens (including phenoxy) is 2. The van der Waals surface area contributed by atoms with Crippen molar-refractivity contribution in [1.82, 2.24) is 24.6 Å². The molecule has 9 nitrogen and oxygen atoms in total. The van der Waals surface area contributed by atoms with Gasteiger partial charge in [0.1, 0.15) is 17.2 Å². The van der Waals surface area contributed by atoms with Crippen LogP contribution in [0.1, 0.15) is 45.2 Å². The maximum absolute atomic E-state index is 14.8. The summed E-state index contributed by atoms with van der Waals surface area (Å²) in [7, 11) is 0. The van der Waals surface area contributed by atoms with E-state index in [-0.39, 0.29) is 24.0 Å². The molecular weight excluding hydrogens is 549 g/mol. The van der Waals surface area contributed by atoms with Gasteiger partial charge in [-0.25, -0.2) is 14.4 Å². The average Bonchev–Trinajstić information content (AvgIpc) is 3.46. The standard InChI is InChI=1S/C33H28FN5O4/c34-27-9-6-21-16-29(27)43-25-7-8-26-22(18-25)10-14-39(32(41)28-20-38-13-2-11-36-33(38)37-28)31(26)23-4-1-5-24(19-23)42-15-3-12-35-30(40)17-21/h1-2,4-9,11,13,16,18-20,31H,3,10,12,14-15,17H2,(H,35,40). The van der Waals surface area contributed by atoms with Crippen molar-refractivity contribution in [3.8, 4) is 17.2 Å². The molecule has 1 N–H and O–H groups in total. The molecule has 5 aromatic rings. The van der Waals surface area contributed by atoms with Crippen LogP contribution in [0, 0.1) is 5.82 Å². The number of benzene rings is 3. The van der Waals surface area contributed by atoms with Crippen molar-refractivity contribution in [1.29, 1.82) is 0 Å². The third-order valence-corrected chi connectivity index (χ3v) is 7.73. The zero-order valence-electron chi connectivity index (χ0n) is 23.2. The summed E-state index contributed by atoms with van der Waals surface area (Å²) in [5.74, 6) is 0.759. The normalized spacial score (nSPS) is 16.8. The number of imidazole rings is 1. The van der Waals surface area contributed by atoms with Crippen molar-refractivity contribution in [2.45, 2.75) is 25.3 Å². The number of nitrogens with zero attached hydrogens (tertiary/aromatic N) is 4. The SMILES string of the molecule is O=C1Cc2ccc(F)c(c2)Oc2ccc3c(c2)CCN(C(=O)c2cn4cccnc4n2)C3c2cccc(c2)OCCCN1. The first kappa shape index (κ1) is 26.6. The van der Waals surface area contributed by atoms with Gasteiger partial charge < -0.3 is 19.7 Å². The molecule has 0 saturated carbocycles. The molecule has 0 spiro atoms. The third kappa shape index (κ3) is 5.39. The Labute approximate surface area is 246 Å². The molecule has 0 saturated heterocycles. The molecule has 2 amide bonds. The van der Waals surface area contributed by atoms with E-state index in [0.717, 1.165) is 16.7 Å². The highest BCUT2D eigenvalue weighted by Gasteiger charge is 2.34. The molecule has 5 heterocycles. The second-order valence-electron chi connectivity index (χ2n) is 10.6. The molecule has 8 rings (SSSR count). The van der Waals surface area contributed by atoms with E-state index in [1.54, 1.807) is 41.1 Å². The lowest BCUT2D eigenvalue weighted by Gasteiger charge is -2.37. The molecule has 3 aromatic carbocycles. The molecule has 216 valence electrons. The van der Waals surface area contributed by atoms with Crippen molar-refractivity contribution in [2.24, 2.45) is 0 Å². The van der Waals surface area contributed by atoms with E-state index < -0.39 is 11.9 Å². The van der Waals surface area contributed by atoms with Gasteiger partial charge in [0.15, 0.2) is 11.6 Å². The van der Waals surface area contributed by atoms with Crippen molar-refractivity contribution in [3.63, 3.8) is 0 Å². The number of carbonyl (C=O) groups is 2. The number of halogens is 1. The molecule has 10 heteroatoms. The third-order valence-electron chi connectivity index (χ3n) is 7.73. The first-order chi connectivity index (χ1) is 21.0. The lowest BCUT2D eigenvalue weighted by atomic mass is 9.87. The van der Waals surface area contributed by atoms with E-state index in [1.807, 2.05) is 47.5 Å². The van der Waals surface area contributed by atoms with Crippen molar-refractivity contribution >= 4 is 17.6 Å². The molecule has 8 bridgehead atoms. The maximum Gasteiger partial charge on any atom is 0.274 e. The molecule has 3 aliphatic heterocycles. The molecule has 1 atom stereocenters. The Morgan fingerprint density at radius 2 is 1.98 bits per heavy atom. The topological polar surface area (TPSA) is 98.1 Å². The van der Waals surface area contributed by atoms with Crippen LogP contribution in [-0.4, -0.2) is 50.8 Å². The fourth-order valence-corrected chi connectivity index (χ4v) is 5.70. The van der Waals surface area contributed by atoms with Crippen LogP contribution >= 0.6 is 0 Å². The highest BCUT2D eigenvalue weighted by molar-refractivity contribution is 5.93. The van der Waals surface area contributed by atoms with Gasteiger partial charge in [-0.3, -0.25) is 14.0 Å². The van der Waals surface area contributed by atoms with Gasteiger partial charge in [-0.1, -0.05) is 24.3 Å². The Bertz CT molecular complexity index is 1820. The van der Waals surface area contributed by atoms with E-state index in [2.05, 4.69) is 15.3 Å². The highest BCUT2D eigenvalue weighted by atomic mass is 19.1. The smallest absolute Gasteiger partial charge is 0.274 e. The van der Waals surface area contributed by atoms with E-state index >= 15 is 0 Å². The lowest BCUT2D eigenvalue weighted by Crippen LogP contribution is -2.40. The molecular formula is C33H28FN5O4. The van der Waals surface area contributed by atoms with Gasteiger partial charge in [0.05, 0.1) is 19.1 Å². The number of hydrogen-bond acceptors (Lipinski definition) is 6. The molecule has 1 unspecified atom stereocenters. The van der Waals surface area contributed by atoms with Crippen LogP contribution in [0.2, 0.25) is 0 Å². The minimum Gasteiger partial charge on any atom is -0.494 e. The van der Waals surface area contributed by atoms with Gasteiger partial charge in [0.2, 0.25) is 11.7 Å². The average molecular weight is 578 g/mol. The number of rotatable bonds is 1. The summed E-state index contributed by atoms with van der Waals surface area (Å²) in [6.07, 6.45) is 6.43. The first-order valence-electron chi connectivity index (χ1n) is 14.2. The van der Waals surface area contributed by atoms with E-state index in [4.69, 9.17) is 9.47 Å². The molecule has 43 heavy (non-hydrogen) atoms. The fraction of sp³-hybridized carbons (Fsp3) is 0.212. The van der Waals surface area contributed by atoms with Crippen LogP contribution in [0.5, 0.6) is 17.2 Å². The predicted molar refractivity (Wildman–Crippen MR) is 156 cm³/mol. The highest BCUT2D eigenvalue weighted by Crippen LogP contribution is 2.39. The van der Waals surface area contributed by atoms with Crippen LogP contribution in [-0.2, 0) is 17.6 Å². The van der Waals surface area contributed by atoms with Gasteiger partial charge in [0.25, 0.3) is 5.91 Å². The molecule has 3 aliphatic rings. The predicted octanol–water partition coefficient (Wildman–Crippen LogP) is 4.89. The summed E-state index contributed by atoms with van der Waals surface area (Å²) in [4.78, 5) is 37.1. The number of amides is 2. The van der Waals surface area contributed by atoms with Crippen LogP contribution in [0.25, 0.3) is 5.78 Å². The van der Waals surface area contributed by atoms with Crippen LogP contribution in [0.15, 0.2) is 85.3 Å². The van der Waals surface area contributed by atoms with E-state index in [9.17, 15) is 14.0 Å². The van der Waals surface area contributed by atoms with Crippen LogP contribution in [0.3, 0.4) is 0 Å². The quantitative estimate of drug-likeness (QED) is 0.305. The minimum absolute atomic E-state index is 0.0499. The summed E-state index contributed by atoms with van der Waals surface area (Å²) < 4.78 is 28.5. The Balaban J connectivity index is 1.30. The number of nitrogens with one attached hydrogen (secondary N) is 1. The van der Waals surface area contributed by atoms with E-state index in [0.29, 0.717) is 61.1 Å². The largest absolute Gasteiger partial charge is 0.494 e. The van der Waals surface area contributed by atoms with Gasteiger partial charge >= 0.3 is 0 Å². The molecule has 0 fully saturated rings. The Morgan fingerprint density at radius 1 is 1.05 bits per heavy atom. The summed E-state index contributed by atoms with van der Waals surface area (Å²) in [5, 5.41) is 2.89. The summed E-state index contributed by atoms with van der Waals surface area (Å²) in [6.45, 7) is 1.28. The molecule has 0 aliphatic carbocycles. The summed E-state index contributed by atoms with van der Waals surface area (Å²) in [6, 6.07) is 19.1. The number of aromatic nitrogens is 3. The van der Waals surface area contributed by atoms with Crippen LogP contribution < -0.4 is 14.8 Å². The van der Waals surface area contributed by atoms with Crippen LogP contribution in [0.4, 0.5) is 4.39 Å². The summed E-state index contributed by atoms with van der Waals surface area (Å²) >= 11 is 0. The van der Waals surface area contributed by atoms with Crippen molar-refractivity contribution in [2.75, 3.05) is 19.7 Å². The fourth-order valence-electron chi connectivity index (χ4n) is 5.70. The Kier molecular flexibility index (Phi) is 6.94. The zero-order valence-corrected chi connectivity index (χ0v) is 23.2. The van der Waals surface area contributed by atoms with Gasteiger partial charge in [-0.2, -0.15) is 0 Å². The first-order valence-corrected chi connectivity index (χ1v) is 14.2. The summed E-state index contributed by atoms with van der Waals surface area (Å²) in [5.41, 5.74) is 3.76. The Hall–Kier alpha value is -5.25. The van der Waals surface area contributed by atoms with Gasteiger partial charge in [-0.05, 0) is 77.6 Å². The number of fused-ring (bicyclic) bond motifs is 8. The monoisotopic (exact) mass is 577 g/mol. The van der Waals surface area contributed by atoms with Gasteiger partial charge in [0, 0.05) is 31.7 Å². The number of carbonyl (C=O) groups excluding carboxylic acids is 2. The van der Waals surface area contributed by atoms with Crippen molar-refractivity contribution in [3.05, 3.63) is 119 Å². The van der Waals surface area contributed by atoms with E-state index in [1.165, 1.54) is 6.07 Å². The maximum atomic E-state index is 14.8. The minimum atomic E-state index is -0.515. The lowest BCUT2D eigenvalue weighted by molar-refractivity contribution is -0.120. The second kappa shape index (κ2) is 11.2. The van der Waals surface area contributed by atoms with Crippen molar-refractivity contribution < 1.29 is 23.5 Å². The Morgan fingerprint density at radius 3 is 2.88 bits per heavy atom. The number of hydrogen-bond donors (Lipinski definition) is 1. The zero-order chi connectivity index (χ0) is 29.3. The molecule has 0 radical (unpaired) electrons.